The number of hydrogen-bond acceptors (Lipinski definition) is 1. The van der Waals surface area contributed by atoms with Gasteiger partial charge in [-0.15, -0.1) is 0 Å². The SMILES string of the molecule is CCCCCCCCCCCCCCCCCCCCCCN(C)CCCCCCCCCCCCCCCCCCC. The average molecular weight is 606 g/mol. The Balaban J connectivity index is 3.13. The molecular weight excluding hydrogens is 518 g/mol. The molecule has 0 aromatic heterocycles. The fraction of sp³-hybridized carbons (Fsp3) is 1.00. The summed E-state index contributed by atoms with van der Waals surface area (Å²) in [5, 5.41) is 0. The molecule has 0 unspecified atom stereocenters. The third kappa shape index (κ3) is 39.9. The van der Waals surface area contributed by atoms with E-state index in [-0.39, 0.29) is 0 Å². The van der Waals surface area contributed by atoms with Crippen LogP contribution in [0.4, 0.5) is 0 Å². The summed E-state index contributed by atoms with van der Waals surface area (Å²) in [6.07, 6.45) is 54.3. The zero-order valence-electron chi connectivity index (χ0n) is 31.0. The zero-order valence-corrected chi connectivity index (χ0v) is 31.0. The Kier molecular flexibility index (Phi) is 39.9. The van der Waals surface area contributed by atoms with Gasteiger partial charge in [0.1, 0.15) is 0 Å². The van der Waals surface area contributed by atoms with Crippen LogP contribution in [0, 0.1) is 0 Å². The van der Waals surface area contributed by atoms with E-state index in [1.165, 1.54) is 251 Å². The van der Waals surface area contributed by atoms with Gasteiger partial charge in [-0.25, -0.2) is 0 Å². The Labute approximate surface area is 275 Å². The highest BCUT2D eigenvalue weighted by Gasteiger charge is 2.00. The predicted octanol–water partition coefficient (Wildman–Crippen LogP) is 15.4. The zero-order chi connectivity index (χ0) is 31.2. The Bertz CT molecular complexity index is 460. The molecule has 0 fully saturated rings. The molecule has 43 heavy (non-hydrogen) atoms. The minimum Gasteiger partial charge on any atom is -0.306 e. The van der Waals surface area contributed by atoms with E-state index in [0.29, 0.717) is 0 Å². The molecule has 0 heterocycles. The van der Waals surface area contributed by atoms with Gasteiger partial charge >= 0.3 is 0 Å². The smallest absolute Gasteiger partial charge is 0.00218 e. The minimum atomic E-state index is 1.32. The van der Waals surface area contributed by atoms with E-state index in [0.717, 1.165) is 0 Å². The standard InChI is InChI=1S/C42H87N/c1-4-6-8-10-12-14-16-18-20-22-23-24-26-28-30-32-34-36-38-40-42-43(3)41-39-37-35-33-31-29-27-25-21-19-17-15-13-11-9-7-5-2/h4-42H2,1-3H3. The van der Waals surface area contributed by atoms with E-state index in [4.69, 9.17) is 0 Å². The second kappa shape index (κ2) is 40.0. The molecular formula is C42H87N. The fourth-order valence-electron chi connectivity index (χ4n) is 6.86. The fourth-order valence-corrected chi connectivity index (χ4v) is 6.86. The maximum Gasteiger partial charge on any atom is -0.00218 e. The lowest BCUT2D eigenvalue weighted by atomic mass is 10.0. The molecule has 0 aromatic rings. The van der Waals surface area contributed by atoms with E-state index in [9.17, 15) is 0 Å². The van der Waals surface area contributed by atoms with Gasteiger partial charge in [0.15, 0.2) is 0 Å². The van der Waals surface area contributed by atoms with Gasteiger partial charge in [-0.3, -0.25) is 0 Å². The first-order valence-electron chi connectivity index (χ1n) is 21.0. The third-order valence-electron chi connectivity index (χ3n) is 10.0. The molecule has 0 aliphatic rings. The lowest BCUT2D eigenvalue weighted by Crippen LogP contribution is -2.20. The molecule has 1 heteroatoms. The van der Waals surface area contributed by atoms with Crippen LogP contribution in [0.2, 0.25) is 0 Å². The quantitative estimate of drug-likeness (QED) is 0.0630. The normalized spacial score (nSPS) is 11.7. The first kappa shape index (κ1) is 43.0. The van der Waals surface area contributed by atoms with E-state index >= 15 is 0 Å². The molecule has 0 rings (SSSR count). The van der Waals surface area contributed by atoms with Crippen molar-refractivity contribution in [2.24, 2.45) is 0 Å². The molecule has 0 aromatic carbocycles. The van der Waals surface area contributed by atoms with Crippen molar-refractivity contribution >= 4 is 0 Å². The average Bonchev–Trinajstić information content (AvgIpc) is 3.01. The van der Waals surface area contributed by atoms with Gasteiger partial charge in [0.25, 0.3) is 0 Å². The minimum absolute atomic E-state index is 1.32. The molecule has 260 valence electrons. The van der Waals surface area contributed by atoms with Crippen LogP contribution in [0.15, 0.2) is 0 Å². The molecule has 0 radical (unpaired) electrons. The highest BCUT2D eigenvalue weighted by atomic mass is 15.1. The first-order valence-corrected chi connectivity index (χ1v) is 21.0. The monoisotopic (exact) mass is 606 g/mol. The molecule has 1 nitrogen and oxygen atoms in total. The van der Waals surface area contributed by atoms with Crippen molar-refractivity contribution in [3.05, 3.63) is 0 Å². The molecule has 0 saturated carbocycles. The van der Waals surface area contributed by atoms with Gasteiger partial charge in [-0.2, -0.15) is 0 Å². The molecule has 0 aliphatic heterocycles. The van der Waals surface area contributed by atoms with Gasteiger partial charge in [-0.05, 0) is 33.0 Å². The molecule has 0 bridgehead atoms. The summed E-state index contributed by atoms with van der Waals surface area (Å²) in [5.41, 5.74) is 0. The van der Waals surface area contributed by atoms with E-state index in [1.54, 1.807) is 0 Å². The summed E-state index contributed by atoms with van der Waals surface area (Å²) in [5.74, 6) is 0. The van der Waals surface area contributed by atoms with Gasteiger partial charge < -0.3 is 4.90 Å². The summed E-state index contributed by atoms with van der Waals surface area (Å²) in [6, 6.07) is 0. The van der Waals surface area contributed by atoms with Crippen molar-refractivity contribution in [3.8, 4) is 0 Å². The van der Waals surface area contributed by atoms with Crippen LogP contribution in [0.25, 0.3) is 0 Å². The number of hydrogen-bond donors (Lipinski definition) is 0. The van der Waals surface area contributed by atoms with Crippen LogP contribution in [-0.2, 0) is 0 Å². The van der Waals surface area contributed by atoms with Gasteiger partial charge in [0, 0.05) is 0 Å². The maximum absolute atomic E-state index is 2.60. The van der Waals surface area contributed by atoms with E-state index < -0.39 is 0 Å². The lowest BCUT2D eigenvalue weighted by Gasteiger charge is -2.16. The van der Waals surface area contributed by atoms with Crippen LogP contribution in [0.3, 0.4) is 0 Å². The second-order valence-corrected chi connectivity index (χ2v) is 14.7. The van der Waals surface area contributed by atoms with Crippen LogP contribution < -0.4 is 0 Å². The van der Waals surface area contributed by atoms with Crippen molar-refractivity contribution in [1.82, 2.24) is 4.90 Å². The Morgan fingerprint density at radius 2 is 0.349 bits per heavy atom. The van der Waals surface area contributed by atoms with Crippen molar-refractivity contribution in [2.45, 2.75) is 251 Å². The lowest BCUT2D eigenvalue weighted by molar-refractivity contribution is 0.314. The van der Waals surface area contributed by atoms with Crippen molar-refractivity contribution < 1.29 is 0 Å². The summed E-state index contributed by atoms with van der Waals surface area (Å²) >= 11 is 0. The first-order chi connectivity index (χ1) is 21.3. The largest absolute Gasteiger partial charge is 0.306 e. The number of rotatable bonds is 39. The molecule has 0 spiro atoms. The summed E-state index contributed by atoms with van der Waals surface area (Å²) in [4.78, 5) is 2.60. The van der Waals surface area contributed by atoms with Crippen molar-refractivity contribution in [1.29, 1.82) is 0 Å². The van der Waals surface area contributed by atoms with Crippen molar-refractivity contribution in [3.63, 3.8) is 0 Å². The summed E-state index contributed by atoms with van der Waals surface area (Å²) in [7, 11) is 2.35. The van der Waals surface area contributed by atoms with Gasteiger partial charge in [0.05, 0.1) is 0 Å². The predicted molar refractivity (Wildman–Crippen MR) is 200 cm³/mol. The van der Waals surface area contributed by atoms with Crippen LogP contribution in [-0.4, -0.2) is 25.0 Å². The van der Waals surface area contributed by atoms with Crippen LogP contribution in [0.1, 0.15) is 251 Å². The van der Waals surface area contributed by atoms with Crippen LogP contribution in [0.5, 0.6) is 0 Å². The number of nitrogens with zero attached hydrogens (tertiary/aromatic N) is 1. The summed E-state index contributed by atoms with van der Waals surface area (Å²) < 4.78 is 0. The molecule has 0 saturated heterocycles. The van der Waals surface area contributed by atoms with Crippen LogP contribution >= 0.6 is 0 Å². The van der Waals surface area contributed by atoms with E-state index in [2.05, 4.69) is 25.8 Å². The third-order valence-corrected chi connectivity index (χ3v) is 10.0. The highest BCUT2D eigenvalue weighted by molar-refractivity contribution is 4.56. The van der Waals surface area contributed by atoms with Gasteiger partial charge in [0.2, 0.25) is 0 Å². The Morgan fingerprint density at radius 3 is 0.512 bits per heavy atom. The summed E-state index contributed by atoms with van der Waals surface area (Å²) in [6.45, 7) is 7.25. The highest BCUT2D eigenvalue weighted by Crippen LogP contribution is 2.16. The molecule has 0 aliphatic carbocycles. The topological polar surface area (TPSA) is 3.24 Å². The Morgan fingerprint density at radius 1 is 0.209 bits per heavy atom. The molecule has 0 atom stereocenters. The van der Waals surface area contributed by atoms with Crippen molar-refractivity contribution in [2.75, 3.05) is 20.1 Å². The van der Waals surface area contributed by atoms with E-state index in [1.807, 2.05) is 0 Å². The number of unbranched alkanes of at least 4 members (excludes halogenated alkanes) is 35. The Hall–Kier alpha value is -0.0400. The molecule has 0 N–H and O–H groups in total. The second-order valence-electron chi connectivity index (χ2n) is 14.7. The maximum atomic E-state index is 2.60. The molecule has 0 amide bonds. The van der Waals surface area contributed by atoms with Gasteiger partial charge in [-0.1, -0.05) is 239 Å².